The standard InChI is InChI=1S/C18H24N4O5/c1-13(23)22(9-7-16-19-17(12-25-2)27-20-16)14-5-3-8-21(11-14)18(24)15-6-4-10-26-15/h4,6,10,14H,3,5,7-9,11-12H2,1-2H3. The zero-order valence-corrected chi connectivity index (χ0v) is 15.6. The number of aromatic nitrogens is 2. The summed E-state index contributed by atoms with van der Waals surface area (Å²) in [5, 5.41) is 3.91. The molecule has 0 spiro atoms. The quantitative estimate of drug-likeness (QED) is 0.721. The molecule has 1 saturated heterocycles. The third-order valence-corrected chi connectivity index (χ3v) is 4.62. The predicted octanol–water partition coefficient (Wildman–Crippen LogP) is 1.50. The van der Waals surface area contributed by atoms with Gasteiger partial charge in [-0.2, -0.15) is 4.98 Å². The number of carbonyl (C=O) groups is 2. The lowest BCUT2D eigenvalue weighted by Gasteiger charge is -2.38. The van der Waals surface area contributed by atoms with Gasteiger partial charge in [-0.05, 0) is 25.0 Å². The Morgan fingerprint density at radius 1 is 1.44 bits per heavy atom. The number of methoxy groups -OCH3 is 1. The van der Waals surface area contributed by atoms with Crippen LogP contribution in [0.25, 0.3) is 0 Å². The summed E-state index contributed by atoms with van der Waals surface area (Å²) in [7, 11) is 1.56. The molecule has 2 aromatic heterocycles. The lowest BCUT2D eigenvalue weighted by Crippen LogP contribution is -2.51. The van der Waals surface area contributed by atoms with Crippen molar-refractivity contribution in [3.63, 3.8) is 0 Å². The molecule has 0 N–H and O–H groups in total. The van der Waals surface area contributed by atoms with Crippen LogP contribution in [-0.4, -0.2) is 64.5 Å². The van der Waals surface area contributed by atoms with E-state index in [1.54, 1.807) is 36.0 Å². The molecule has 9 heteroatoms. The summed E-state index contributed by atoms with van der Waals surface area (Å²) in [6.45, 7) is 3.41. The van der Waals surface area contributed by atoms with Crippen molar-refractivity contribution in [1.82, 2.24) is 19.9 Å². The first-order chi connectivity index (χ1) is 13.1. The largest absolute Gasteiger partial charge is 0.459 e. The van der Waals surface area contributed by atoms with Crippen LogP contribution in [0.2, 0.25) is 0 Å². The molecule has 0 radical (unpaired) electrons. The van der Waals surface area contributed by atoms with Crippen LogP contribution < -0.4 is 0 Å². The van der Waals surface area contributed by atoms with E-state index in [1.807, 2.05) is 0 Å². The van der Waals surface area contributed by atoms with Crippen molar-refractivity contribution in [2.75, 3.05) is 26.7 Å². The first-order valence-electron chi connectivity index (χ1n) is 8.99. The van der Waals surface area contributed by atoms with E-state index in [0.29, 0.717) is 43.5 Å². The van der Waals surface area contributed by atoms with Gasteiger partial charge >= 0.3 is 0 Å². The molecule has 27 heavy (non-hydrogen) atoms. The van der Waals surface area contributed by atoms with Crippen molar-refractivity contribution in [3.8, 4) is 0 Å². The number of amides is 2. The van der Waals surface area contributed by atoms with Gasteiger partial charge in [0.1, 0.15) is 6.61 Å². The lowest BCUT2D eigenvalue weighted by molar-refractivity contribution is -0.132. The van der Waals surface area contributed by atoms with Gasteiger partial charge in [0, 0.05) is 46.1 Å². The van der Waals surface area contributed by atoms with Gasteiger partial charge in [0.2, 0.25) is 5.91 Å². The molecule has 9 nitrogen and oxygen atoms in total. The Balaban J connectivity index is 1.61. The van der Waals surface area contributed by atoms with E-state index in [4.69, 9.17) is 13.7 Å². The average Bonchev–Trinajstić information content (AvgIpc) is 3.34. The maximum Gasteiger partial charge on any atom is 0.289 e. The van der Waals surface area contributed by atoms with E-state index in [9.17, 15) is 9.59 Å². The summed E-state index contributed by atoms with van der Waals surface area (Å²) in [4.78, 5) is 32.5. The van der Waals surface area contributed by atoms with Gasteiger partial charge < -0.3 is 23.5 Å². The molecule has 146 valence electrons. The highest BCUT2D eigenvalue weighted by molar-refractivity contribution is 5.91. The Labute approximate surface area is 157 Å². The molecule has 1 aliphatic heterocycles. The van der Waals surface area contributed by atoms with Gasteiger partial charge in [-0.25, -0.2) is 0 Å². The van der Waals surface area contributed by atoms with Crippen molar-refractivity contribution >= 4 is 11.8 Å². The Hall–Kier alpha value is -2.68. The minimum Gasteiger partial charge on any atom is -0.459 e. The summed E-state index contributed by atoms with van der Waals surface area (Å²) in [6.07, 6.45) is 3.65. The van der Waals surface area contributed by atoms with Crippen LogP contribution in [0.5, 0.6) is 0 Å². The van der Waals surface area contributed by atoms with Crippen molar-refractivity contribution in [1.29, 1.82) is 0 Å². The summed E-state index contributed by atoms with van der Waals surface area (Å²) >= 11 is 0. The van der Waals surface area contributed by atoms with Crippen LogP contribution in [0, 0.1) is 0 Å². The molecular weight excluding hydrogens is 352 g/mol. The van der Waals surface area contributed by atoms with E-state index >= 15 is 0 Å². The molecule has 1 aliphatic rings. The molecule has 1 atom stereocenters. The van der Waals surface area contributed by atoms with Crippen LogP contribution in [0.3, 0.4) is 0 Å². The van der Waals surface area contributed by atoms with Gasteiger partial charge in [0.25, 0.3) is 11.8 Å². The first-order valence-corrected chi connectivity index (χ1v) is 8.99. The fourth-order valence-corrected chi connectivity index (χ4v) is 3.34. The third-order valence-electron chi connectivity index (χ3n) is 4.62. The molecule has 2 aromatic rings. The van der Waals surface area contributed by atoms with E-state index in [0.717, 1.165) is 12.8 Å². The number of likely N-dealkylation sites (tertiary alicyclic amines) is 1. The predicted molar refractivity (Wildman–Crippen MR) is 93.7 cm³/mol. The number of hydrogen-bond acceptors (Lipinski definition) is 7. The number of furan rings is 1. The first kappa shape index (κ1) is 19.1. The molecule has 0 aromatic carbocycles. The second-order valence-corrected chi connectivity index (χ2v) is 6.52. The average molecular weight is 376 g/mol. The number of nitrogens with zero attached hydrogens (tertiary/aromatic N) is 4. The number of piperidine rings is 1. The number of carbonyl (C=O) groups excluding carboxylic acids is 2. The Kier molecular flexibility index (Phi) is 6.23. The number of rotatable bonds is 7. The topological polar surface area (TPSA) is 102 Å². The van der Waals surface area contributed by atoms with Crippen molar-refractivity contribution in [3.05, 3.63) is 35.9 Å². The zero-order chi connectivity index (χ0) is 19.2. The van der Waals surface area contributed by atoms with Gasteiger partial charge in [-0.3, -0.25) is 9.59 Å². The molecule has 1 fully saturated rings. The molecule has 3 rings (SSSR count). The van der Waals surface area contributed by atoms with Gasteiger partial charge in [0.05, 0.1) is 6.26 Å². The molecular formula is C18H24N4O5. The second kappa shape index (κ2) is 8.81. The van der Waals surface area contributed by atoms with Gasteiger partial charge in [0.15, 0.2) is 11.6 Å². The summed E-state index contributed by atoms with van der Waals surface area (Å²) in [5.41, 5.74) is 0. The van der Waals surface area contributed by atoms with Crippen LogP contribution in [0.15, 0.2) is 27.3 Å². The maximum atomic E-state index is 12.5. The second-order valence-electron chi connectivity index (χ2n) is 6.52. The minimum absolute atomic E-state index is 0.0343. The molecule has 3 heterocycles. The van der Waals surface area contributed by atoms with E-state index in [2.05, 4.69) is 10.1 Å². The molecule has 0 aliphatic carbocycles. The van der Waals surface area contributed by atoms with Gasteiger partial charge in [-0.1, -0.05) is 5.16 Å². The number of hydrogen-bond donors (Lipinski definition) is 0. The van der Waals surface area contributed by atoms with Crippen molar-refractivity contribution in [2.45, 2.75) is 38.8 Å². The fraction of sp³-hybridized carbons (Fsp3) is 0.556. The Bertz CT molecular complexity index is 758. The van der Waals surface area contributed by atoms with Crippen LogP contribution >= 0.6 is 0 Å². The monoisotopic (exact) mass is 376 g/mol. The third kappa shape index (κ3) is 4.73. The van der Waals surface area contributed by atoms with Crippen LogP contribution in [-0.2, 0) is 22.6 Å². The molecule has 0 saturated carbocycles. The molecule has 0 bridgehead atoms. The highest BCUT2D eigenvalue weighted by atomic mass is 16.5. The van der Waals surface area contributed by atoms with Crippen LogP contribution in [0.4, 0.5) is 0 Å². The summed E-state index contributed by atoms with van der Waals surface area (Å²) < 4.78 is 15.2. The maximum absolute atomic E-state index is 12.5. The highest BCUT2D eigenvalue weighted by Gasteiger charge is 2.30. The van der Waals surface area contributed by atoms with Crippen molar-refractivity contribution < 1.29 is 23.3 Å². The molecule has 2 amide bonds. The van der Waals surface area contributed by atoms with E-state index in [1.165, 1.54) is 6.26 Å². The zero-order valence-electron chi connectivity index (χ0n) is 15.6. The fourth-order valence-electron chi connectivity index (χ4n) is 3.34. The number of ether oxygens (including phenoxy) is 1. The minimum atomic E-state index is -0.143. The smallest absolute Gasteiger partial charge is 0.289 e. The summed E-state index contributed by atoms with van der Waals surface area (Å²) in [5.74, 6) is 1.09. The van der Waals surface area contributed by atoms with Crippen LogP contribution in [0.1, 0.15) is 42.0 Å². The lowest BCUT2D eigenvalue weighted by atomic mass is 10.0. The summed E-state index contributed by atoms with van der Waals surface area (Å²) in [6, 6.07) is 3.31. The Morgan fingerprint density at radius 3 is 3.00 bits per heavy atom. The highest BCUT2D eigenvalue weighted by Crippen LogP contribution is 2.19. The van der Waals surface area contributed by atoms with E-state index < -0.39 is 0 Å². The van der Waals surface area contributed by atoms with E-state index in [-0.39, 0.29) is 24.5 Å². The van der Waals surface area contributed by atoms with Gasteiger partial charge in [-0.15, -0.1) is 0 Å². The SMILES string of the molecule is COCc1nc(CCN(C(C)=O)C2CCCN(C(=O)c3ccco3)C2)no1. The molecule has 1 unspecified atom stereocenters. The normalized spacial score (nSPS) is 17.1. The van der Waals surface area contributed by atoms with Crippen molar-refractivity contribution in [2.24, 2.45) is 0 Å². The Morgan fingerprint density at radius 2 is 2.30 bits per heavy atom.